The van der Waals surface area contributed by atoms with Gasteiger partial charge in [0.15, 0.2) is 0 Å². The Balaban J connectivity index is 1.77. The number of thioether (sulfide) groups is 1. The summed E-state index contributed by atoms with van der Waals surface area (Å²) in [4.78, 5) is 14.6. The van der Waals surface area contributed by atoms with Gasteiger partial charge in [0.2, 0.25) is 0 Å². The Kier molecular flexibility index (Phi) is 6.04. The molecule has 1 atom stereocenters. The smallest absolute Gasteiger partial charge is 0.257 e. The zero-order chi connectivity index (χ0) is 18.7. The van der Waals surface area contributed by atoms with E-state index in [0.29, 0.717) is 47.2 Å². The molecule has 138 valence electrons. The summed E-state index contributed by atoms with van der Waals surface area (Å²) in [6.07, 6.45) is 0.541. The average molecular weight is 398 g/mol. The zero-order valence-corrected chi connectivity index (χ0v) is 15.7. The third-order valence-corrected chi connectivity index (χ3v) is 5.87. The number of ether oxygens (including phenoxy) is 1. The summed E-state index contributed by atoms with van der Waals surface area (Å²) in [5.74, 6) is 0.0484. The molecular weight excluding hydrogens is 380 g/mol. The number of halogens is 3. The van der Waals surface area contributed by atoms with E-state index in [2.05, 4.69) is 0 Å². The Morgan fingerprint density at radius 3 is 2.81 bits per heavy atom. The molecule has 0 bridgehead atoms. The van der Waals surface area contributed by atoms with Gasteiger partial charge in [-0.25, -0.2) is 8.78 Å². The zero-order valence-electron chi connectivity index (χ0n) is 14.2. The first kappa shape index (κ1) is 19.0. The Morgan fingerprint density at radius 1 is 1.23 bits per heavy atom. The fourth-order valence-electron chi connectivity index (χ4n) is 3.00. The van der Waals surface area contributed by atoms with Crippen molar-refractivity contribution in [3.63, 3.8) is 0 Å². The van der Waals surface area contributed by atoms with E-state index < -0.39 is 11.6 Å². The summed E-state index contributed by atoms with van der Waals surface area (Å²) in [6, 6.07) is 8.41. The van der Waals surface area contributed by atoms with Gasteiger partial charge in [0.05, 0.1) is 12.7 Å². The summed E-state index contributed by atoms with van der Waals surface area (Å²) in [5.41, 5.74) is 0.755. The molecule has 0 aliphatic carbocycles. The number of carbonyl (C=O) groups is 1. The van der Waals surface area contributed by atoms with Crippen LogP contribution in [0.3, 0.4) is 0 Å². The van der Waals surface area contributed by atoms with E-state index in [1.807, 2.05) is 0 Å². The van der Waals surface area contributed by atoms with Crippen LogP contribution in [0.25, 0.3) is 0 Å². The Labute approximate surface area is 160 Å². The Hall–Kier alpha value is -1.79. The minimum Gasteiger partial charge on any atom is -0.496 e. The molecule has 1 heterocycles. The quantitative estimate of drug-likeness (QED) is 0.734. The van der Waals surface area contributed by atoms with Crippen molar-refractivity contribution in [3.8, 4) is 5.75 Å². The van der Waals surface area contributed by atoms with Crippen LogP contribution in [0, 0.1) is 11.6 Å². The molecule has 0 radical (unpaired) electrons. The maximum absolute atomic E-state index is 14.1. The molecule has 0 spiro atoms. The molecule has 1 saturated heterocycles. The summed E-state index contributed by atoms with van der Waals surface area (Å²) < 4.78 is 32.8. The molecule has 2 aromatic rings. The van der Waals surface area contributed by atoms with Crippen molar-refractivity contribution in [1.82, 2.24) is 4.90 Å². The molecule has 3 rings (SSSR count). The molecule has 26 heavy (non-hydrogen) atoms. The van der Waals surface area contributed by atoms with Crippen LogP contribution in [0.1, 0.15) is 27.6 Å². The number of carbonyl (C=O) groups excluding carboxylic acids is 1. The number of nitrogens with zero attached hydrogens (tertiary/aromatic N) is 1. The lowest BCUT2D eigenvalue weighted by atomic mass is 10.1. The van der Waals surface area contributed by atoms with Crippen LogP contribution in [0.4, 0.5) is 8.78 Å². The van der Waals surface area contributed by atoms with Gasteiger partial charge in [-0.2, -0.15) is 11.8 Å². The lowest BCUT2D eigenvalue weighted by Crippen LogP contribution is -2.33. The van der Waals surface area contributed by atoms with Gasteiger partial charge in [-0.05, 0) is 42.8 Å². The monoisotopic (exact) mass is 397 g/mol. The number of rotatable bonds is 3. The predicted molar refractivity (Wildman–Crippen MR) is 100 cm³/mol. The van der Waals surface area contributed by atoms with Gasteiger partial charge in [0.25, 0.3) is 5.91 Å². The minimum absolute atomic E-state index is 0.176. The second-order valence-corrected chi connectivity index (χ2v) is 7.70. The standard InChI is InChI=1S/C19H18ClF2NO2S/c1-25-17-5-2-12(20)10-15(17)19(24)23-7-6-18(26-9-8-23)14-11-13(21)3-4-16(14)22/h2-5,10-11,18H,6-9H2,1H3. The first-order valence-electron chi connectivity index (χ1n) is 8.19. The molecular formula is C19H18ClF2NO2S. The lowest BCUT2D eigenvalue weighted by Gasteiger charge is -2.21. The fourth-order valence-corrected chi connectivity index (χ4v) is 4.42. The minimum atomic E-state index is -0.456. The number of amides is 1. The van der Waals surface area contributed by atoms with Gasteiger partial charge in [0.1, 0.15) is 17.4 Å². The summed E-state index contributed by atoms with van der Waals surface area (Å²) in [6.45, 7) is 0.967. The van der Waals surface area contributed by atoms with Crippen LogP contribution in [0.5, 0.6) is 5.75 Å². The maximum Gasteiger partial charge on any atom is 0.257 e. The van der Waals surface area contributed by atoms with E-state index >= 15 is 0 Å². The molecule has 1 aliphatic heterocycles. The highest BCUT2D eigenvalue weighted by molar-refractivity contribution is 7.99. The van der Waals surface area contributed by atoms with Gasteiger partial charge in [-0.1, -0.05) is 11.6 Å². The maximum atomic E-state index is 14.1. The Morgan fingerprint density at radius 2 is 2.04 bits per heavy atom. The molecule has 1 amide bonds. The molecule has 0 saturated carbocycles. The second kappa shape index (κ2) is 8.27. The second-order valence-electron chi connectivity index (χ2n) is 5.95. The van der Waals surface area contributed by atoms with Crippen molar-refractivity contribution in [1.29, 1.82) is 0 Å². The fraction of sp³-hybridized carbons (Fsp3) is 0.316. The molecule has 1 fully saturated rings. The number of benzene rings is 2. The summed E-state index contributed by atoms with van der Waals surface area (Å²) in [5, 5.41) is 0.266. The van der Waals surface area contributed by atoms with Crippen LogP contribution >= 0.6 is 23.4 Å². The van der Waals surface area contributed by atoms with Gasteiger partial charge < -0.3 is 9.64 Å². The summed E-state index contributed by atoms with van der Waals surface area (Å²) >= 11 is 7.55. The van der Waals surface area contributed by atoms with Crippen molar-refractivity contribution in [2.24, 2.45) is 0 Å². The van der Waals surface area contributed by atoms with Gasteiger partial charge in [-0.15, -0.1) is 0 Å². The van der Waals surface area contributed by atoms with Crippen molar-refractivity contribution in [3.05, 3.63) is 64.2 Å². The molecule has 1 unspecified atom stereocenters. The highest BCUT2D eigenvalue weighted by Gasteiger charge is 2.26. The van der Waals surface area contributed by atoms with E-state index in [1.54, 1.807) is 23.1 Å². The molecule has 3 nitrogen and oxygen atoms in total. The Bertz CT molecular complexity index is 818. The van der Waals surface area contributed by atoms with Crippen LogP contribution in [-0.2, 0) is 0 Å². The predicted octanol–water partition coefficient (Wildman–Crippen LogP) is 4.95. The van der Waals surface area contributed by atoms with Crippen LogP contribution in [0.15, 0.2) is 36.4 Å². The van der Waals surface area contributed by atoms with Crippen LogP contribution in [-0.4, -0.2) is 36.8 Å². The average Bonchev–Trinajstić information content (AvgIpc) is 2.89. The third-order valence-electron chi connectivity index (χ3n) is 4.33. The van der Waals surface area contributed by atoms with Crippen molar-refractivity contribution < 1.29 is 18.3 Å². The first-order valence-corrected chi connectivity index (χ1v) is 9.61. The van der Waals surface area contributed by atoms with E-state index in [9.17, 15) is 13.6 Å². The number of hydrogen-bond acceptors (Lipinski definition) is 3. The van der Waals surface area contributed by atoms with E-state index in [1.165, 1.54) is 24.9 Å². The molecule has 2 aromatic carbocycles. The SMILES string of the molecule is COc1ccc(Cl)cc1C(=O)N1CCSC(c2cc(F)ccc2F)CC1. The van der Waals surface area contributed by atoms with Crippen molar-refractivity contribution in [2.45, 2.75) is 11.7 Å². The molecule has 0 aromatic heterocycles. The lowest BCUT2D eigenvalue weighted by molar-refractivity contribution is 0.0763. The van der Waals surface area contributed by atoms with Gasteiger partial charge in [-0.3, -0.25) is 4.79 Å². The highest BCUT2D eigenvalue weighted by Crippen LogP contribution is 2.36. The molecule has 1 aliphatic rings. The number of hydrogen-bond donors (Lipinski definition) is 0. The van der Waals surface area contributed by atoms with Crippen molar-refractivity contribution in [2.75, 3.05) is 26.0 Å². The highest BCUT2D eigenvalue weighted by atomic mass is 35.5. The third kappa shape index (κ3) is 4.13. The van der Waals surface area contributed by atoms with E-state index in [4.69, 9.17) is 16.3 Å². The normalized spacial score (nSPS) is 17.7. The molecule has 7 heteroatoms. The van der Waals surface area contributed by atoms with E-state index in [0.717, 1.165) is 12.1 Å². The van der Waals surface area contributed by atoms with Crippen LogP contribution < -0.4 is 4.74 Å². The van der Waals surface area contributed by atoms with Crippen molar-refractivity contribution >= 4 is 29.3 Å². The summed E-state index contributed by atoms with van der Waals surface area (Å²) in [7, 11) is 1.50. The van der Waals surface area contributed by atoms with Crippen LogP contribution in [0.2, 0.25) is 5.02 Å². The van der Waals surface area contributed by atoms with Gasteiger partial charge in [0, 0.05) is 34.7 Å². The number of methoxy groups -OCH3 is 1. The largest absolute Gasteiger partial charge is 0.496 e. The topological polar surface area (TPSA) is 29.5 Å². The first-order chi connectivity index (χ1) is 12.5. The molecule has 0 N–H and O–H groups in total. The van der Waals surface area contributed by atoms with Gasteiger partial charge >= 0.3 is 0 Å². The van der Waals surface area contributed by atoms with E-state index in [-0.39, 0.29) is 11.2 Å².